The molecule has 1 atom stereocenters. The summed E-state index contributed by atoms with van der Waals surface area (Å²) in [7, 11) is 3.43. The van der Waals surface area contributed by atoms with Gasteiger partial charge in [0.15, 0.2) is 5.79 Å². The molecule has 2 aromatic rings. The van der Waals surface area contributed by atoms with Crippen LogP contribution in [-0.2, 0) is 15.9 Å². The molecule has 0 radical (unpaired) electrons. The zero-order valence-corrected chi connectivity index (χ0v) is 14.2. The first kappa shape index (κ1) is 14.9. The molecule has 0 N–H and O–H groups in total. The maximum atomic E-state index is 5.65. The number of rotatable bonds is 2. The largest absolute Gasteiger partial charge is 0.349 e. The number of fused-ring (bicyclic) bond motifs is 5. The van der Waals surface area contributed by atoms with Crippen molar-refractivity contribution in [2.45, 2.75) is 44.3 Å². The SMILES string of the molecule is COC1(OC)C=c2c(ccc3c4c(ccc23)C(C)CCC4)=CC1. The van der Waals surface area contributed by atoms with Crippen LogP contribution in [0.2, 0.25) is 0 Å². The number of aryl methyl sites for hydroxylation is 1. The van der Waals surface area contributed by atoms with E-state index in [1.807, 2.05) is 0 Å². The van der Waals surface area contributed by atoms with E-state index < -0.39 is 5.79 Å². The molecule has 2 aliphatic carbocycles. The molecular formula is C21H24O2. The Labute approximate surface area is 137 Å². The van der Waals surface area contributed by atoms with Crippen molar-refractivity contribution in [2.75, 3.05) is 14.2 Å². The molecule has 120 valence electrons. The van der Waals surface area contributed by atoms with Gasteiger partial charge in [0.1, 0.15) is 0 Å². The van der Waals surface area contributed by atoms with Crippen molar-refractivity contribution in [2.24, 2.45) is 0 Å². The smallest absolute Gasteiger partial charge is 0.191 e. The Morgan fingerprint density at radius 2 is 1.83 bits per heavy atom. The van der Waals surface area contributed by atoms with Gasteiger partial charge in [0.25, 0.3) is 0 Å². The second-order valence-electron chi connectivity index (χ2n) is 6.86. The van der Waals surface area contributed by atoms with E-state index in [1.54, 1.807) is 19.8 Å². The van der Waals surface area contributed by atoms with Crippen LogP contribution in [-0.4, -0.2) is 20.0 Å². The molecule has 0 amide bonds. The van der Waals surface area contributed by atoms with Crippen LogP contribution in [0.3, 0.4) is 0 Å². The summed E-state index contributed by atoms with van der Waals surface area (Å²) in [5.74, 6) is 0.0385. The Bertz CT molecular complexity index is 875. The lowest BCUT2D eigenvalue weighted by molar-refractivity contribution is -0.152. The van der Waals surface area contributed by atoms with Crippen LogP contribution in [0, 0.1) is 0 Å². The van der Waals surface area contributed by atoms with E-state index >= 15 is 0 Å². The summed E-state index contributed by atoms with van der Waals surface area (Å²) in [6, 6.07) is 9.19. The minimum atomic E-state index is -0.634. The van der Waals surface area contributed by atoms with Crippen LogP contribution < -0.4 is 10.4 Å². The highest BCUT2D eigenvalue weighted by molar-refractivity contribution is 5.89. The van der Waals surface area contributed by atoms with Crippen molar-refractivity contribution in [3.8, 4) is 0 Å². The van der Waals surface area contributed by atoms with E-state index in [0.717, 1.165) is 6.42 Å². The van der Waals surface area contributed by atoms with E-state index in [9.17, 15) is 0 Å². The molecule has 23 heavy (non-hydrogen) atoms. The van der Waals surface area contributed by atoms with E-state index in [4.69, 9.17) is 9.47 Å². The molecule has 0 spiro atoms. The van der Waals surface area contributed by atoms with Gasteiger partial charge in [-0.3, -0.25) is 0 Å². The predicted octanol–water partition coefficient (Wildman–Crippen LogP) is 3.23. The van der Waals surface area contributed by atoms with Crippen LogP contribution >= 0.6 is 0 Å². The number of ether oxygens (including phenoxy) is 2. The molecule has 2 heteroatoms. The van der Waals surface area contributed by atoms with Gasteiger partial charge in [-0.1, -0.05) is 37.3 Å². The van der Waals surface area contributed by atoms with Crippen molar-refractivity contribution in [3.63, 3.8) is 0 Å². The first-order valence-electron chi connectivity index (χ1n) is 8.55. The van der Waals surface area contributed by atoms with Crippen LogP contribution in [0.15, 0.2) is 24.3 Å². The normalized spacial score (nSPS) is 22.0. The maximum Gasteiger partial charge on any atom is 0.191 e. The summed E-state index contributed by atoms with van der Waals surface area (Å²) < 4.78 is 11.3. The van der Waals surface area contributed by atoms with Crippen molar-refractivity contribution in [1.82, 2.24) is 0 Å². The van der Waals surface area contributed by atoms with Crippen LogP contribution in [0.25, 0.3) is 22.9 Å². The Hall–Kier alpha value is -1.64. The molecular weight excluding hydrogens is 284 g/mol. The van der Waals surface area contributed by atoms with Gasteiger partial charge in [-0.05, 0) is 63.6 Å². The molecule has 2 aromatic carbocycles. The summed E-state index contributed by atoms with van der Waals surface area (Å²) in [5.41, 5.74) is 3.08. The molecule has 0 aliphatic heterocycles. The molecule has 0 aromatic heterocycles. The molecule has 1 unspecified atom stereocenters. The van der Waals surface area contributed by atoms with Crippen LogP contribution in [0.5, 0.6) is 0 Å². The van der Waals surface area contributed by atoms with Crippen molar-refractivity contribution < 1.29 is 9.47 Å². The second kappa shape index (κ2) is 5.47. The topological polar surface area (TPSA) is 18.5 Å². The average molecular weight is 308 g/mol. The quantitative estimate of drug-likeness (QED) is 0.793. The third-order valence-electron chi connectivity index (χ3n) is 5.68. The highest BCUT2D eigenvalue weighted by Crippen LogP contribution is 2.35. The van der Waals surface area contributed by atoms with Gasteiger partial charge in [0.05, 0.1) is 0 Å². The van der Waals surface area contributed by atoms with Gasteiger partial charge in [-0.2, -0.15) is 0 Å². The lowest BCUT2D eigenvalue weighted by Crippen LogP contribution is -2.41. The molecule has 0 saturated heterocycles. The Kier molecular flexibility index (Phi) is 3.55. The van der Waals surface area contributed by atoms with Gasteiger partial charge in [-0.15, -0.1) is 0 Å². The van der Waals surface area contributed by atoms with Crippen LogP contribution in [0.1, 0.15) is 43.2 Å². The number of benzene rings is 2. The van der Waals surface area contributed by atoms with Crippen LogP contribution in [0.4, 0.5) is 0 Å². The van der Waals surface area contributed by atoms with Gasteiger partial charge in [-0.25, -0.2) is 0 Å². The van der Waals surface area contributed by atoms with Crippen molar-refractivity contribution >= 4 is 22.9 Å². The molecule has 2 aliphatic rings. The lowest BCUT2D eigenvalue weighted by Gasteiger charge is -2.29. The zero-order chi connectivity index (χ0) is 16.0. The molecule has 0 fully saturated rings. The van der Waals surface area contributed by atoms with E-state index in [1.165, 1.54) is 46.0 Å². The lowest BCUT2D eigenvalue weighted by atomic mass is 9.81. The molecule has 0 heterocycles. The highest BCUT2D eigenvalue weighted by atomic mass is 16.7. The number of hydrogen-bond acceptors (Lipinski definition) is 2. The minimum absolute atomic E-state index is 0.634. The monoisotopic (exact) mass is 308 g/mol. The molecule has 0 saturated carbocycles. The molecule has 4 rings (SSSR count). The zero-order valence-electron chi connectivity index (χ0n) is 14.2. The van der Waals surface area contributed by atoms with Gasteiger partial charge < -0.3 is 9.47 Å². The number of hydrogen-bond donors (Lipinski definition) is 0. The van der Waals surface area contributed by atoms with E-state index in [0.29, 0.717) is 5.92 Å². The van der Waals surface area contributed by atoms with Gasteiger partial charge >= 0.3 is 0 Å². The minimum Gasteiger partial charge on any atom is -0.349 e. The first-order valence-corrected chi connectivity index (χ1v) is 8.55. The fraction of sp³-hybridized carbons (Fsp3) is 0.429. The summed E-state index contributed by atoms with van der Waals surface area (Å²) >= 11 is 0. The number of methoxy groups -OCH3 is 2. The third-order valence-corrected chi connectivity index (χ3v) is 5.68. The van der Waals surface area contributed by atoms with Gasteiger partial charge in [0.2, 0.25) is 0 Å². The Balaban J connectivity index is 2.05. The maximum absolute atomic E-state index is 5.65. The third kappa shape index (κ3) is 2.24. The summed E-state index contributed by atoms with van der Waals surface area (Å²) in [6.45, 7) is 2.35. The fourth-order valence-corrected chi connectivity index (χ4v) is 4.24. The fourth-order valence-electron chi connectivity index (χ4n) is 4.24. The van der Waals surface area contributed by atoms with Crippen molar-refractivity contribution in [1.29, 1.82) is 0 Å². The Morgan fingerprint density at radius 3 is 2.61 bits per heavy atom. The van der Waals surface area contributed by atoms with Gasteiger partial charge in [0, 0.05) is 20.6 Å². The average Bonchev–Trinajstić information content (AvgIpc) is 2.61. The molecule has 2 nitrogen and oxygen atoms in total. The predicted molar refractivity (Wildman–Crippen MR) is 94.8 cm³/mol. The highest BCUT2D eigenvalue weighted by Gasteiger charge is 2.28. The second-order valence-corrected chi connectivity index (χ2v) is 6.86. The first-order chi connectivity index (χ1) is 11.2. The summed E-state index contributed by atoms with van der Waals surface area (Å²) in [5, 5.41) is 5.26. The van der Waals surface area contributed by atoms with Crippen molar-refractivity contribution in [3.05, 3.63) is 45.8 Å². The standard InChI is InChI=1S/C21H24O2/c1-14-5-4-6-17-16(14)9-10-19-18(17)8-7-15-11-12-21(22-2,23-3)13-20(15)19/h7-11,13-14H,4-6,12H2,1-3H3. The van der Waals surface area contributed by atoms with E-state index in [-0.39, 0.29) is 0 Å². The summed E-state index contributed by atoms with van der Waals surface area (Å²) in [4.78, 5) is 0. The molecule has 0 bridgehead atoms. The summed E-state index contributed by atoms with van der Waals surface area (Å²) in [6.07, 6.45) is 8.92. The van der Waals surface area contributed by atoms with E-state index in [2.05, 4.69) is 43.3 Å². The Morgan fingerprint density at radius 1 is 1.04 bits per heavy atom.